The van der Waals surface area contributed by atoms with Crippen LogP contribution in [0.2, 0.25) is 0 Å². The van der Waals surface area contributed by atoms with E-state index in [0.29, 0.717) is 35.1 Å². The van der Waals surface area contributed by atoms with Crippen molar-refractivity contribution in [2.24, 2.45) is 0 Å². The van der Waals surface area contributed by atoms with Gasteiger partial charge in [-0.15, -0.1) is 0 Å². The highest BCUT2D eigenvalue weighted by atomic mass is 79.9. The molecule has 1 aliphatic heterocycles. The van der Waals surface area contributed by atoms with Gasteiger partial charge in [-0.1, -0.05) is 22.0 Å². The molecule has 3 N–H and O–H groups in total. The van der Waals surface area contributed by atoms with E-state index in [1.54, 1.807) is 18.2 Å². The second-order valence-electron chi connectivity index (χ2n) is 5.41. The second kappa shape index (κ2) is 6.75. The van der Waals surface area contributed by atoms with Crippen LogP contribution in [0.15, 0.2) is 41.3 Å². The second-order valence-corrected chi connectivity index (χ2v) is 7.86. The van der Waals surface area contributed by atoms with Crippen LogP contribution in [-0.4, -0.2) is 31.0 Å². The van der Waals surface area contributed by atoms with Crippen molar-refractivity contribution in [3.63, 3.8) is 0 Å². The maximum atomic E-state index is 12.7. The number of nitrogens with one attached hydrogen (secondary N) is 1. The Hall–Kier alpha value is -1.55. The molecule has 2 aromatic carbocycles. The maximum absolute atomic E-state index is 12.7. The first kappa shape index (κ1) is 17.3. The number of hydrogen-bond acceptors (Lipinski definition) is 5. The highest BCUT2D eigenvalue weighted by Gasteiger charge is 2.28. The van der Waals surface area contributed by atoms with Crippen LogP contribution in [0, 0.1) is 0 Å². The third-order valence-corrected chi connectivity index (χ3v) is 5.64. The average molecular weight is 412 g/mol. The fraction of sp³-hybridized carbons (Fsp3) is 0.200. The number of rotatable bonds is 5. The monoisotopic (exact) mass is 411 g/mol. The van der Waals surface area contributed by atoms with E-state index in [4.69, 9.17) is 4.65 Å². The van der Waals surface area contributed by atoms with E-state index in [1.807, 2.05) is 0 Å². The number of fused-ring (bicyclic) bond motifs is 1. The minimum absolute atomic E-state index is 0.0164. The van der Waals surface area contributed by atoms with Crippen molar-refractivity contribution >= 4 is 44.2 Å². The van der Waals surface area contributed by atoms with Crippen LogP contribution in [0.4, 0.5) is 5.69 Å². The van der Waals surface area contributed by atoms with Crippen molar-refractivity contribution < 1.29 is 23.2 Å². The lowest BCUT2D eigenvalue weighted by molar-refractivity contribution is 0.275. The van der Waals surface area contributed by atoms with E-state index in [1.165, 1.54) is 18.2 Å². The predicted octanol–water partition coefficient (Wildman–Crippen LogP) is 1.35. The SMILES string of the molecule is O=S(=O)(Nc1ccc2c(c1)B(O)OC2)c1ccc(O)cc1CCBr. The molecule has 0 saturated carbocycles. The molecule has 0 radical (unpaired) electrons. The van der Waals surface area contributed by atoms with Gasteiger partial charge in [0.05, 0.1) is 11.5 Å². The first-order chi connectivity index (χ1) is 11.4. The molecular weight excluding hydrogens is 397 g/mol. The zero-order valence-electron chi connectivity index (χ0n) is 12.6. The number of phenols is 1. The molecule has 2 aromatic rings. The molecule has 0 aliphatic carbocycles. The van der Waals surface area contributed by atoms with Gasteiger partial charge in [-0.2, -0.15) is 0 Å². The lowest BCUT2D eigenvalue weighted by Crippen LogP contribution is -2.28. The fourth-order valence-electron chi connectivity index (χ4n) is 2.61. The normalized spacial score (nSPS) is 13.8. The van der Waals surface area contributed by atoms with E-state index < -0.39 is 17.1 Å². The molecule has 126 valence electrons. The van der Waals surface area contributed by atoms with Crippen LogP contribution in [0.25, 0.3) is 0 Å². The lowest BCUT2D eigenvalue weighted by atomic mass is 9.79. The summed E-state index contributed by atoms with van der Waals surface area (Å²) in [6.45, 7) is 0.302. The topological polar surface area (TPSA) is 95.9 Å². The summed E-state index contributed by atoms with van der Waals surface area (Å²) in [5, 5.41) is 19.9. The summed E-state index contributed by atoms with van der Waals surface area (Å²) in [6, 6.07) is 9.07. The van der Waals surface area contributed by atoms with Crippen LogP contribution >= 0.6 is 15.9 Å². The number of alkyl halides is 1. The summed E-state index contributed by atoms with van der Waals surface area (Å²) in [6.07, 6.45) is 0.460. The smallest absolute Gasteiger partial charge is 0.491 e. The summed E-state index contributed by atoms with van der Waals surface area (Å²) in [5.41, 5.74) is 2.25. The van der Waals surface area contributed by atoms with Crippen molar-refractivity contribution in [2.75, 3.05) is 10.1 Å². The Morgan fingerprint density at radius 1 is 1.25 bits per heavy atom. The Morgan fingerprint density at radius 3 is 2.79 bits per heavy atom. The first-order valence-electron chi connectivity index (χ1n) is 7.24. The van der Waals surface area contributed by atoms with Crippen molar-refractivity contribution in [1.82, 2.24) is 0 Å². The number of phenolic OH excluding ortho intramolecular Hbond substituents is 1. The third kappa shape index (κ3) is 3.44. The van der Waals surface area contributed by atoms with Crippen molar-refractivity contribution in [3.8, 4) is 5.75 Å². The van der Waals surface area contributed by atoms with Gasteiger partial charge in [0.1, 0.15) is 5.75 Å². The van der Waals surface area contributed by atoms with Gasteiger partial charge in [-0.05, 0) is 53.3 Å². The van der Waals surface area contributed by atoms with Crippen LogP contribution in [0.3, 0.4) is 0 Å². The molecule has 0 fully saturated rings. The summed E-state index contributed by atoms with van der Waals surface area (Å²) in [5.74, 6) is 0.0164. The molecule has 9 heteroatoms. The van der Waals surface area contributed by atoms with Gasteiger partial charge in [0, 0.05) is 11.0 Å². The van der Waals surface area contributed by atoms with Gasteiger partial charge in [0.2, 0.25) is 0 Å². The maximum Gasteiger partial charge on any atom is 0.491 e. The van der Waals surface area contributed by atoms with E-state index in [0.717, 1.165) is 5.56 Å². The number of hydrogen-bond donors (Lipinski definition) is 3. The summed E-state index contributed by atoms with van der Waals surface area (Å²) in [4.78, 5) is 0.108. The van der Waals surface area contributed by atoms with E-state index >= 15 is 0 Å². The number of aromatic hydroxyl groups is 1. The Labute approximate surface area is 148 Å². The quantitative estimate of drug-likeness (QED) is 0.509. The number of halogens is 1. The molecule has 0 saturated heterocycles. The fourth-order valence-corrected chi connectivity index (χ4v) is 4.34. The van der Waals surface area contributed by atoms with Crippen LogP contribution in [-0.2, 0) is 27.7 Å². The minimum atomic E-state index is -3.82. The number of benzene rings is 2. The Bertz CT molecular complexity index is 874. The highest BCUT2D eigenvalue weighted by molar-refractivity contribution is 9.09. The number of aryl methyl sites for hydroxylation is 1. The Morgan fingerprint density at radius 2 is 2.04 bits per heavy atom. The zero-order chi connectivity index (χ0) is 17.3. The van der Waals surface area contributed by atoms with Gasteiger partial charge in [-0.3, -0.25) is 4.72 Å². The largest absolute Gasteiger partial charge is 0.508 e. The van der Waals surface area contributed by atoms with E-state index in [-0.39, 0.29) is 10.6 Å². The molecule has 6 nitrogen and oxygen atoms in total. The standard InChI is InChI=1S/C15H15BBrNO5S/c17-6-5-10-7-13(19)3-4-15(10)24(21,22)18-12-2-1-11-9-23-16(20)14(11)8-12/h1-4,7-8,18-20H,5-6,9H2. The molecule has 0 unspecified atom stereocenters. The van der Waals surface area contributed by atoms with Crippen LogP contribution < -0.4 is 10.2 Å². The molecule has 0 bridgehead atoms. The molecule has 1 aliphatic rings. The number of anilines is 1. The minimum Gasteiger partial charge on any atom is -0.508 e. The van der Waals surface area contributed by atoms with Crippen molar-refractivity contribution in [3.05, 3.63) is 47.5 Å². The van der Waals surface area contributed by atoms with Crippen molar-refractivity contribution in [1.29, 1.82) is 0 Å². The van der Waals surface area contributed by atoms with Gasteiger partial charge >= 0.3 is 7.12 Å². The molecule has 3 rings (SSSR count). The van der Waals surface area contributed by atoms with Crippen LogP contribution in [0.5, 0.6) is 5.75 Å². The molecular formula is C15H15BBrNO5S. The first-order valence-corrected chi connectivity index (χ1v) is 9.84. The molecule has 24 heavy (non-hydrogen) atoms. The van der Waals surface area contributed by atoms with Crippen LogP contribution in [0.1, 0.15) is 11.1 Å². The molecule has 0 aromatic heterocycles. The zero-order valence-corrected chi connectivity index (χ0v) is 15.0. The Kier molecular flexibility index (Phi) is 4.86. The van der Waals surface area contributed by atoms with Gasteiger partial charge in [-0.25, -0.2) is 8.42 Å². The molecule has 0 spiro atoms. The average Bonchev–Trinajstić information content (AvgIpc) is 2.88. The molecule has 0 amide bonds. The third-order valence-electron chi connectivity index (χ3n) is 3.76. The highest BCUT2D eigenvalue weighted by Crippen LogP contribution is 2.25. The number of sulfonamides is 1. The van der Waals surface area contributed by atoms with Gasteiger partial charge in [0.25, 0.3) is 10.0 Å². The van der Waals surface area contributed by atoms with Crippen molar-refractivity contribution in [2.45, 2.75) is 17.9 Å². The Balaban J connectivity index is 1.94. The van der Waals surface area contributed by atoms with E-state index in [2.05, 4.69) is 20.7 Å². The summed E-state index contributed by atoms with van der Waals surface area (Å²) < 4.78 is 33.0. The van der Waals surface area contributed by atoms with Gasteiger partial charge in [0.15, 0.2) is 0 Å². The molecule has 0 atom stereocenters. The lowest BCUT2D eigenvalue weighted by Gasteiger charge is -2.13. The molecule has 1 heterocycles. The summed E-state index contributed by atoms with van der Waals surface area (Å²) in [7, 11) is -4.86. The predicted molar refractivity (Wildman–Crippen MR) is 95.3 cm³/mol. The van der Waals surface area contributed by atoms with Gasteiger partial charge < -0.3 is 14.8 Å². The van der Waals surface area contributed by atoms with E-state index in [9.17, 15) is 18.5 Å². The summed E-state index contributed by atoms with van der Waals surface area (Å²) >= 11 is 3.28.